The average molecular weight is 354 g/mol. The number of hydrogen-bond donors (Lipinski definition) is 0. The molecule has 0 heterocycles. The van der Waals surface area contributed by atoms with Gasteiger partial charge < -0.3 is 9.16 Å². The zero-order valence-electron chi connectivity index (χ0n) is 16.7. The summed E-state index contributed by atoms with van der Waals surface area (Å²) in [5.41, 5.74) is -0.517. The van der Waals surface area contributed by atoms with E-state index in [1.807, 2.05) is 32.9 Å². The van der Waals surface area contributed by atoms with Crippen molar-refractivity contribution in [2.75, 3.05) is 19.7 Å². The first-order chi connectivity index (χ1) is 10.8. The van der Waals surface area contributed by atoms with Crippen molar-refractivity contribution in [3.05, 3.63) is 12.2 Å². The molecular weight excluding hydrogens is 318 g/mol. The lowest BCUT2D eigenvalue weighted by molar-refractivity contribution is 0.0278. The van der Waals surface area contributed by atoms with Crippen molar-refractivity contribution in [1.82, 2.24) is 4.90 Å². The molecule has 24 heavy (non-hydrogen) atoms. The Morgan fingerprint density at radius 2 is 1.75 bits per heavy atom. The molecule has 0 N–H and O–H groups in total. The Labute approximate surface area is 149 Å². The molecule has 0 aliphatic heterocycles. The fourth-order valence-electron chi connectivity index (χ4n) is 1.56. The van der Waals surface area contributed by atoms with Crippen LogP contribution in [0.2, 0.25) is 18.1 Å². The second kappa shape index (κ2) is 9.29. The Kier molecular flexibility index (Phi) is 8.80. The largest absolute Gasteiger partial charge is 0.444 e. The lowest BCUT2D eigenvalue weighted by Gasteiger charge is -2.35. The Morgan fingerprint density at radius 1 is 1.17 bits per heavy atom. The highest BCUT2D eigenvalue weighted by molar-refractivity contribution is 6.74. The standard InChI is InChI=1S/C19H35NO3Si/c1-10-14-20(17(21)23-18(2,3)4)15-12-11-13-16-22-24(8,9)19(5,6)7/h1,11,13H,12,14-16H2,2-9H3/b13-11+. The molecule has 0 saturated carbocycles. The van der Waals surface area contributed by atoms with Gasteiger partial charge in [-0.1, -0.05) is 38.8 Å². The molecule has 0 rings (SSSR count). The average Bonchev–Trinajstić information content (AvgIpc) is 2.37. The van der Waals surface area contributed by atoms with Gasteiger partial charge in [0.2, 0.25) is 0 Å². The fourth-order valence-corrected chi connectivity index (χ4v) is 2.51. The van der Waals surface area contributed by atoms with Crippen LogP contribution in [0.15, 0.2) is 12.2 Å². The number of carbonyl (C=O) groups excluding carboxylic acids is 1. The predicted molar refractivity (Wildman–Crippen MR) is 104 cm³/mol. The molecule has 1 amide bonds. The van der Waals surface area contributed by atoms with Gasteiger partial charge in [0.05, 0.1) is 13.2 Å². The van der Waals surface area contributed by atoms with Crippen LogP contribution >= 0.6 is 0 Å². The van der Waals surface area contributed by atoms with E-state index in [0.29, 0.717) is 13.2 Å². The van der Waals surface area contributed by atoms with Crippen LogP contribution in [0.25, 0.3) is 0 Å². The number of ether oxygens (including phenoxy) is 1. The molecule has 4 nitrogen and oxygen atoms in total. The number of hydrogen-bond acceptors (Lipinski definition) is 3. The zero-order valence-corrected chi connectivity index (χ0v) is 17.7. The van der Waals surface area contributed by atoms with Crippen LogP contribution in [0.4, 0.5) is 4.79 Å². The van der Waals surface area contributed by atoms with Crippen LogP contribution in [0, 0.1) is 12.3 Å². The summed E-state index contributed by atoms with van der Waals surface area (Å²) >= 11 is 0. The van der Waals surface area contributed by atoms with Gasteiger partial charge in [0.25, 0.3) is 0 Å². The molecule has 0 aromatic heterocycles. The van der Waals surface area contributed by atoms with E-state index < -0.39 is 13.9 Å². The van der Waals surface area contributed by atoms with Crippen LogP contribution in [0.5, 0.6) is 0 Å². The quantitative estimate of drug-likeness (QED) is 0.374. The SMILES string of the molecule is C#CCN(CC/C=C/CO[Si](C)(C)C(C)(C)C)C(=O)OC(C)(C)C. The lowest BCUT2D eigenvalue weighted by Crippen LogP contribution is -2.40. The van der Waals surface area contributed by atoms with Crippen LogP contribution in [0.1, 0.15) is 48.0 Å². The van der Waals surface area contributed by atoms with Gasteiger partial charge in [0.1, 0.15) is 5.60 Å². The molecule has 0 bridgehead atoms. The molecule has 0 spiro atoms. The molecule has 0 aliphatic rings. The van der Waals surface area contributed by atoms with Gasteiger partial charge in [-0.05, 0) is 45.3 Å². The van der Waals surface area contributed by atoms with E-state index in [1.54, 1.807) is 4.90 Å². The Hall–Kier alpha value is -1.25. The molecular formula is C19H35NO3Si. The smallest absolute Gasteiger partial charge is 0.411 e. The molecule has 0 unspecified atom stereocenters. The van der Waals surface area contributed by atoms with Crippen molar-refractivity contribution in [3.8, 4) is 12.3 Å². The topological polar surface area (TPSA) is 38.8 Å². The van der Waals surface area contributed by atoms with Crippen molar-refractivity contribution in [3.63, 3.8) is 0 Å². The molecule has 5 heteroatoms. The second-order valence-corrected chi connectivity index (χ2v) is 13.2. The maximum Gasteiger partial charge on any atom is 0.411 e. The first-order valence-electron chi connectivity index (χ1n) is 8.50. The highest BCUT2D eigenvalue weighted by atomic mass is 28.4. The first kappa shape index (κ1) is 22.7. The normalized spacial score (nSPS) is 13.0. The summed E-state index contributed by atoms with van der Waals surface area (Å²) in [6.45, 7) is 18.1. The number of nitrogens with zero attached hydrogens (tertiary/aromatic N) is 1. The maximum atomic E-state index is 12.1. The summed E-state index contributed by atoms with van der Waals surface area (Å²) < 4.78 is 11.4. The fraction of sp³-hybridized carbons (Fsp3) is 0.737. The molecule has 0 fully saturated rings. The van der Waals surface area contributed by atoms with Crippen molar-refractivity contribution < 1.29 is 14.0 Å². The van der Waals surface area contributed by atoms with Gasteiger partial charge in [0, 0.05) is 6.54 Å². The third-order valence-electron chi connectivity index (χ3n) is 4.01. The zero-order chi connectivity index (χ0) is 19.0. The molecule has 0 atom stereocenters. The van der Waals surface area contributed by atoms with Crippen LogP contribution < -0.4 is 0 Å². The maximum absolute atomic E-state index is 12.1. The van der Waals surface area contributed by atoms with E-state index in [0.717, 1.165) is 6.42 Å². The van der Waals surface area contributed by atoms with Gasteiger partial charge in [-0.3, -0.25) is 4.90 Å². The van der Waals surface area contributed by atoms with E-state index in [4.69, 9.17) is 15.6 Å². The van der Waals surface area contributed by atoms with Gasteiger partial charge in [-0.25, -0.2) is 4.79 Å². The Bertz CT molecular complexity index is 464. The van der Waals surface area contributed by atoms with Crippen LogP contribution in [-0.2, 0) is 9.16 Å². The monoisotopic (exact) mass is 353 g/mol. The van der Waals surface area contributed by atoms with E-state index >= 15 is 0 Å². The Morgan fingerprint density at radius 3 is 2.21 bits per heavy atom. The number of carbonyl (C=O) groups is 1. The second-order valence-electron chi connectivity index (χ2n) is 8.44. The van der Waals surface area contributed by atoms with Gasteiger partial charge in [-0.15, -0.1) is 6.42 Å². The molecule has 0 radical (unpaired) electrons. The van der Waals surface area contributed by atoms with Gasteiger partial charge in [0.15, 0.2) is 8.32 Å². The predicted octanol–water partition coefficient (Wildman–Crippen LogP) is 4.82. The molecule has 0 aromatic rings. The molecule has 0 saturated heterocycles. The van der Waals surface area contributed by atoms with Crippen molar-refractivity contribution in [2.24, 2.45) is 0 Å². The number of amides is 1. The van der Waals surface area contributed by atoms with Crippen LogP contribution in [0.3, 0.4) is 0 Å². The van der Waals surface area contributed by atoms with Crippen molar-refractivity contribution in [2.45, 2.75) is 71.7 Å². The third-order valence-corrected chi connectivity index (χ3v) is 8.51. The molecule has 138 valence electrons. The Balaban J connectivity index is 4.35. The van der Waals surface area contributed by atoms with Gasteiger partial charge in [-0.2, -0.15) is 0 Å². The molecule has 0 aromatic carbocycles. The summed E-state index contributed by atoms with van der Waals surface area (Å²) in [6.07, 6.45) is 9.74. The minimum Gasteiger partial charge on any atom is -0.444 e. The van der Waals surface area contributed by atoms with Crippen molar-refractivity contribution in [1.29, 1.82) is 0 Å². The first-order valence-corrected chi connectivity index (χ1v) is 11.4. The highest BCUT2D eigenvalue weighted by Crippen LogP contribution is 2.36. The van der Waals surface area contributed by atoms with E-state index in [9.17, 15) is 4.79 Å². The van der Waals surface area contributed by atoms with Crippen molar-refractivity contribution >= 4 is 14.4 Å². The van der Waals surface area contributed by atoms with E-state index in [2.05, 4.69) is 39.8 Å². The van der Waals surface area contributed by atoms with E-state index in [1.165, 1.54) is 0 Å². The van der Waals surface area contributed by atoms with Crippen LogP contribution in [-0.4, -0.2) is 44.6 Å². The summed E-state index contributed by atoms with van der Waals surface area (Å²) in [6, 6.07) is 0. The summed E-state index contributed by atoms with van der Waals surface area (Å²) in [5, 5.41) is 0.209. The number of rotatable bonds is 7. The summed E-state index contributed by atoms with van der Waals surface area (Å²) in [7, 11) is -1.71. The lowest BCUT2D eigenvalue weighted by atomic mass is 10.2. The molecule has 0 aliphatic carbocycles. The minimum absolute atomic E-state index is 0.209. The van der Waals surface area contributed by atoms with E-state index in [-0.39, 0.29) is 17.7 Å². The minimum atomic E-state index is -1.71. The third kappa shape index (κ3) is 9.14. The van der Waals surface area contributed by atoms with Gasteiger partial charge >= 0.3 is 6.09 Å². The highest BCUT2D eigenvalue weighted by Gasteiger charge is 2.36. The summed E-state index contributed by atoms with van der Waals surface area (Å²) in [5.74, 6) is 2.50. The summed E-state index contributed by atoms with van der Waals surface area (Å²) in [4.78, 5) is 13.6. The number of terminal acetylenes is 1.